The van der Waals surface area contributed by atoms with E-state index in [1.807, 2.05) is 42.9 Å². The lowest BCUT2D eigenvalue weighted by molar-refractivity contribution is 0.249. The van der Waals surface area contributed by atoms with Gasteiger partial charge in [-0.05, 0) is 44.4 Å². The van der Waals surface area contributed by atoms with Crippen LogP contribution < -0.4 is 10.6 Å². The van der Waals surface area contributed by atoms with Gasteiger partial charge in [0.1, 0.15) is 0 Å². The summed E-state index contributed by atoms with van der Waals surface area (Å²) < 4.78 is 8.83. The van der Waals surface area contributed by atoms with E-state index in [0.29, 0.717) is 22.9 Å². The molecule has 0 fully saturated rings. The van der Waals surface area contributed by atoms with Gasteiger partial charge in [-0.1, -0.05) is 30.3 Å². The number of carbonyl (C=O) groups excluding carboxylic acids is 1. The first-order valence-corrected chi connectivity index (χ1v) is 10.9. The van der Waals surface area contributed by atoms with Gasteiger partial charge < -0.3 is 9.73 Å². The van der Waals surface area contributed by atoms with Gasteiger partial charge in [-0.15, -0.1) is 5.10 Å². The second-order valence-corrected chi connectivity index (χ2v) is 8.06. The average Bonchev–Trinajstić information content (AvgIpc) is 3.53. The quantitative estimate of drug-likeness (QED) is 0.393. The highest BCUT2D eigenvalue weighted by atomic mass is 16.3. The van der Waals surface area contributed by atoms with Gasteiger partial charge in [0.15, 0.2) is 17.1 Å². The Kier molecular flexibility index (Phi) is 5.47. The highest BCUT2D eigenvalue weighted by Gasteiger charge is 2.19. The van der Waals surface area contributed by atoms with Crippen LogP contribution in [0.4, 0.5) is 10.7 Å². The van der Waals surface area contributed by atoms with Crippen LogP contribution in [0.3, 0.4) is 0 Å². The summed E-state index contributed by atoms with van der Waals surface area (Å²) in [5, 5.41) is 15.4. The van der Waals surface area contributed by atoms with Gasteiger partial charge in [-0.2, -0.15) is 14.6 Å². The summed E-state index contributed by atoms with van der Waals surface area (Å²) in [6.07, 6.45) is 5.37. The number of nitrogens with zero attached hydrogens (tertiary/aromatic N) is 6. The monoisotopic (exact) mass is 444 g/mol. The van der Waals surface area contributed by atoms with E-state index in [1.165, 1.54) is 10.1 Å². The molecule has 0 aliphatic rings. The van der Waals surface area contributed by atoms with Crippen molar-refractivity contribution in [3.8, 4) is 11.6 Å². The van der Waals surface area contributed by atoms with E-state index in [9.17, 15) is 4.79 Å². The topological polar surface area (TPSA) is 115 Å². The normalized spacial score (nSPS) is 11.5. The van der Waals surface area contributed by atoms with Crippen molar-refractivity contribution in [2.24, 2.45) is 0 Å². The Balaban J connectivity index is 1.49. The largest absolute Gasteiger partial charge is 0.461 e. The van der Waals surface area contributed by atoms with Crippen LogP contribution in [0.25, 0.3) is 28.3 Å². The van der Waals surface area contributed by atoms with E-state index in [2.05, 4.69) is 42.9 Å². The molecule has 0 aliphatic heterocycles. The molecule has 33 heavy (non-hydrogen) atoms. The third-order valence-corrected chi connectivity index (χ3v) is 5.08. The van der Waals surface area contributed by atoms with E-state index in [1.54, 1.807) is 18.4 Å². The molecule has 5 rings (SSSR count). The fourth-order valence-electron chi connectivity index (χ4n) is 3.63. The average molecular weight is 444 g/mol. The van der Waals surface area contributed by atoms with Crippen molar-refractivity contribution >= 4 is 28.7 Å². The maximum atomic E-state index is 12.4. The van der Waals surface area contributed by atoms with Crippen molar-refractivity contribution in [1.29, 1.82) is 0 Å². The molecule has 10 heteroatoms. The van der Waals surface area contributed by atoms with Crippen LogP contribution in [0.5, 0.6) is 0 Å². The minimum absolute atomic E-state index is 0.0255. The first kappa shape index (κ1) is 20.7. The fraction of sp³-hybridized carbons (Fsp3) is 0.261. The Morgan fingerprint density at radius 3 is 2.70 bits per heavy atom. The number of amides is 2. The number of furan rings is 1. The number of benzene rings is 1. The van der Waals surface area contributed by atoms with Crippen LogP contribution in [0.2, 0.25) is 0 Å². The molecule has 2 N–H and O–H groups in total. The minimum Gasteiger partial charge on any atom is -0.461 e. The molecular weight excluding hydrogens is 420 g/mol. The number of anilines is 1. The summed E-state index contributed by atoms with van der Waals surface area (Å²) in [4.78, 5) is 21.6. The Bertz CT molecular complexity index is 1390. The molecule has 5 aromatic rings. The van der Waals surface area contributed by atoms with Crippen molar-refractivity contribution in [3.63, 3.8) is 0 Å². The molecule has 0 bridgehead atoms. The molecule has 0 spiro atoms. The molecule has 4 aromatic heterocycles. The Morgan fingerprint density at radius 1 is 1.09 bits per heavy atom. The van der Waals surface area contributed by atoms with Crippen molar-refractivity contribution in [1.82, 2.24) is 34.7 Å². The Morgan fingerprint density at radius 2 is 1.94 bits per heavy atom. The molecule has 0 aliphatic carbocycles. The zero-order chi connectivity index (χ0) is 22.8. The summed E-state index contributed by atoms with van der Waals surface area (Å²) in [5.41, 5.74) is 2.32. The van der Waals surface area contributed by atoms with E-state index < -0.39 is 0 Å². The predicted molar refractivity (Wildman–Crippen MR) is 124 cm³/mol. The first-order valence-electron chi connectivity index (χ1n) is 10.9. The van der Waals surface area contributed by atoms with Gasteiger partial charge in [0, 0.05) is 18.8 Å². The maximum absolute atomic E-state index is 12.4. The van der Waals surface area contributed by atoms with Crippen molar-refractivity contribution in [2.75, 3.05) is 5.32 Å². The minimum atomic E-state index is -0.379. The lowest BCUT2D eigenvalue weighted by Gasteiger charge is -2.10. The number of hydrogen-bond donors (Lipinski definition) is 2. The molecule has 0 saturated carbocycles. The zero-order valence-corrected chi connectivity index (χ0v) is 18.4. The summed E-state index contributed by atoms with van der Waals surface area (Å²) in [7, 11) is 0. The number of hydrogen-bond acceptors (Lipinski definition) is 6. The molecule has 0 atom stereocenters. The van der Waals surface area contributed by atoms with Crippen LogP contribution in [0.1, 0.15) is 25.8 Å². The lowest BCUT2D eigenvalue weighted by Crippen LogP contribution is -2.35. The molecule has 2 amide bonds. The second-order valence-electron chi connectivity index (χ2n) is 8.06. The number of fused-ring (bicyclic) bond motifs is 3. The highest BCUT2D eigenvalue weighted by molar-refractivity contribution is 5.93. The van der Waals surface area contributed by atoms with E-state index in [-0.39, 0.29) is 18.0 Å². The molecular formula is C23H24N8O2. The summed E-state index contributed by atoms with van der Waals surface area (Å²) in [5.74, 6) is 1.16. The summed E-state index contributed by atoms with van der Waals surface area (Å²) in [6.45, 7) is 4.49. The highest BCUT2D eigenvalue weighted by Crippen LogP contribution is 2.24. The molecule has 10 nitrogen and oxygen atoms in total. The van der Waals surface area contributed by atoms with Crippen LogP contribution >= 0.6 is 0 Å². The smallest absolute Gasteiger partial charge is 0.321 e. The van der Waals surface area contributed by atoms with Crippen LogP contribution in [0, 0.1) is 0 Å². The maximum Gasteiger partial charge on any atom is 0.321 e. The van der Waals surface area contributed by atoms with Gasteiger partial charge in [-0.3, -0.25) is 10.00 Å². The predicted octanol–water partition coefficient (Wildman–Crippen LogP) is 3.90. The number of aromatic nitrogens is 6. The van der Waals surface area contributed by atoms with Gasteiger partial charge in [0.05, 0.1) is 11.6 Å². The van der Waals surface area contributed by atoms with Gasteiger partial charge in [0.2, 0.25) is 11.8 Å². The number of carbonyl (C=O) groups is 1. The summed E-state index contributed by atoms with van der Waals surface area (Å²) >= 11 is 0. The van der Waals surface area contributed by atoms with E-state index in [4.69, 9.17) is 4.42 Å². The molecule has 4 heterocycles. The third-order valence-electron chi connectivity index (χ3n) is 5.08. The third kappa shape index (κ3) is 4.40. The molecule has 0 unspecified atom stereocenters. The SMILES string of the molecule is CC(C)NC(=O)Nc1nc2nn(CCCc3ccccc3)cc2c2nc(-c3ccco3)nn12. The van der Waals surface area contributed by atoms with Crippen molar-refractivity contribution < 1.29 is 9.21 Å². The van der Waals surface area contributed by atoms with Gasteiger partial charge >= 0.3 is 6.03 Å². The van der Waals surface area contributed by atoms with Crippen LogP contribution in [-0.2, 0) is 13.0 Å². The van der Waals surface area contributed by atoms with Crippen molar-refractivity contribution in [2.45, 2.75) is 39.3 Å². The standard InChI is InChI=1S/C23H24N8O2/c1-15(2)24-23(32)27-22-26-19-17(21-25-20(29-31(21)22)18-11-7-13-33-18)14-30(28-19)12-6-10-16-8-4-3-5-9-16/h3-5,7-9,11,13-15H,6,10,12H2,1-2H3,(H2,24,26,27,28,32). The lowest BCUT2D eigenvalue weighted by atomic mass is 10.1. The van der Waals surface area contributed by atoms with Crippen molar-refractivity contribution in [3.05, 3.63) is 60.5 Å². The molecule has 0 saturated heterocycles. The molecule has 168 valence electrons. The Hall–Kier alpha value is -4.21. The van der Waals surface area contributed by atoms with Gasteiger partial charge in [0.25, 0.3) is 0 Å². The summed E-state index contributed by atoms with van der Waals surface area (Å²) in [6, 6.07) is 13.5. The first-order chi connectivity index (χ1) is 16.1. The number of urea groups is 1. The Labute approximate surface area is 189 Å². The van der Waals surface area contributed by atoms with E-state index in [0.717, 1.165) is 24.8 Å². The molecule has 1 aromatic carbocycles. The van der Waals surface area contributed by atoms with Crippen LogP contribution in [-0.4, -0.2) is 41.4 Å². The fourth-order valence-corrected chi connectivity index (χ4v) is 3.63. The molecule has 0 radical (unpaired) electrons. The number of nitrogens with one attached hydrogen (secondary N) is 2. The number of aryl methyl sites for hydroxylation is 2. The number of rotatable bonds is 7. The van der Waals surface area contributed by atoms with Gasteiger partial charge in [-0.25, -0.2) is 9.78 Å². The van der Waals surface area contributed by atoms with Crippen LogP contribution in [0.15, 0.2) is 59.3 Å². The second kappa shape index (κ2) is 8.73. The van der Waals surface area contributed by atoms with E-state index >= 15 is 0 Å². The zero-order valence-electron chi connectivity index (χ0n) is 18.4.